The lowest BCUT2D eigenvalue weighted by atomic mass is 9.91. The van der Waals surface area contributed by atoms with Gasteiger partial charge >= 0.3 is 0 Å². The monoisotopic (exact) mass is 248 g/mol. The number of hydrogen-bond donors (Lipinski definition) is 1. The van der Waals surface area contributed by atoms with Crippen LogP contribution >= 0.6 is 0 Å². The fourth-order valence-corrected chi connectivity index (χ4v) is 2.11. The maximum atomic E-state index is 12.9. The molecule has 0 aliphatic carbocycles. The summed E-state index contributed by atoms with van der Waals surface area (Å²) in [7, 11) is 0. The number of halogens is 1. The minimum absolute atomic E-state index is 0.155. The zero-order valence-electron chi connectivity index (χ0n) is 10.6. The van der Waals surface area contributed by atoms with Crippen molar-refractivity contribution in [2.75, 3.05) is 6.54 Å². The van der Waals surface area contributed by atoms with Gasteiger partial charge in [-0.25, -0.2) is 4.39 Å². The van der Waals surface area contributed by atoms with E-state index in [2.05, 4.69) is 5.16 Å². The molecule has 18 heavy (non-hydrogen) atoms. The summed E-state index contributed by atoms with van der Waals surface area (Å²) in [5.74, 6) is 0.752. The zero-order chi connectivity index (χ0) is 13.1. The molecule has 0 fully saturated rings. The quantitative estimate of drug-likeness (QED) is 0.905. The highest BCUT2D eigenvalue weighted by Gasteiger charge is 2.16. The van der Waals surface area contributed by atoms with Crippen LogP contribution in [0.1, 0.15) is 28.5 Å². The first kappa shape index (κ1) is 12.8. The summed E-state index contributed by atoms with van der Waals surface area (Å²) in [4.78, 5) is 0. The Hall–Kier alpha value is -1.68. The maximum Gasteiger partial charge on any atom is 0.137 e. The molecule has 0 saturated heterocycles. The van der Waals surface area contributed by atoms with Gasteiger partial charge in [0.25, 0.3) is 0 Å². The van der Waals surface area contributed by atoms with Gasteiger partial charge in [-0.2, -0.15) is 0 Å². The van der Waals surface area contributed by atoms with Crippen molar-refractivity contribution in [3.05, 3.63) is 52.7 Å². The predicted octanol–water partition coefficient (Wildman–Crippen LogP) is 2.72. The molecule has 1 heterocycles. The van der Waals surface area contributed by atoms with Crippen molar-refractivity contribution >= 4 is 0 Å². The number of aryl methyl sites for hydroxylation is 2. The number of hydrogen-bond acceptors (Lipinski definition) is 3. The molecule has 3 nitrogen and oxygen atoms in total. The highest BCUT2D eigenvalue weighted by atomic mass is 19.1. The van der Waals surface area contributed by atoms with Crippen molar-refractivity contribution in [1.29, 1.82) is 0 Å². The second-order valence-corrected chi connectivity index (χ2v) is 4.49. The Morgan fingerprint density at radius 2 is 1.94 bits per heavy atom. The summed E-state index contributed by atoms with van der Waals surface area (Å²) >= 11 is 0. The lowest BCUT2D eigenvalue weighted by Gasteiger charge is -2.15. The molecule has 1 atom stereocenters. The van der Waals surface area contributed by atoms with Crippen molar-refractivity contribution in [2.24, 2.45) is 5.73 Å². The van der Waals surface area contributed by atoms with Crippen molar-refractivity contribution in [1.82, 2.24) is 5.16 Å². The standard InChI is InChI=1S/C14H17FN2O/c1-9-14(10(2)18-17-9)7-12(8-16)11-3-5-13(15)6-4-11/h3-6,12H,7-8,16H2,1-2H3. The third kappa shape index (κ3) is 2.59. The van der Waals surface area contributed by atoms with Crippen molar-refractivity contribution in [3.8, 4) is 0 Å². The van der Waals surface area contributed by atoms with E-state index in [1.165, 1.54) is 12.1 Å². The molecule has 2 rings (SSSR count). The molecule has 0 bridgehead atoms. The van der Waals surface area contributed by atoms with Gasteiger partial charge in [0, 0.05) is 11.5 Å². The van der Waals surface area contributed by atoms with Gasteiger partial charge in [0.2, 0.25) is 0 Å². The van der Waals surface area contributed by atoms with Crippen LogP contribution in [-0.4, -0.2) is 11.7 Å². The minimum Gasteiger partial charge on any atom is -0.361 e. The van der Waals surface area contributed by atoms with E-state index in [1.807, 2.05) is 13.8 Å². The summed E-state index contributed by atoms with van der Waals surface area (Å²) in [6.45, 7) is 4.33. The van der Waals surface area contributed by atoms with Gasteiger partial charge in [0.1, 0.15) is 11.6 Å². The van der Waals surface area contributed by atoms with Crippen LogP contribution in [0.15, 0.2) is 28.8 Å². The van der Waals surface area contributed by atoms with Crippen molar-refractivity contribution in [3.63, 3.8) is 0 Å². The van der Waals surface area contributed by atoms with Crippen molar-refractivity contribution < 1.29 is 8.91 Å². The van der Waals surface area contributed by atoms with Gasteiger partial charge in [-0.15, -0.1) is 0 Å². The van der Waals surface area contributed by atoms with E-state index in [9.17, 15) is 4.39 Å². The molecule has 96 valence electrons. The molecule has 0 aliphatic heterocycles. The molecule has 1 unspecified atom stereocenters. The van der Waals surface area contributed by atoms with Gasteiger partial charge in [-0.05, 0) is 44.5 Å². The molecule has 0 saturated carbocycles. The van der Waals surface area contributed by atoms with E-state index >= 15 is 0 Å². The Morgan fingerprint density at radius 3 is 2.44 bits per heavy atom. The van der Waals surface area contributed by atoms with Gasteiger partial charge in [-0.1, -0.05) is 17.3 Å². The molecule has 0 radical (unpaired) electrons. The fraction of sp³-hybridized carbons (Fsp3) is 0.357. The highest BCUT2D eigenvalue weighted by Crippen LogP contribution is 2.24. The lowest BCUT2D eigenvalue weighted by Crippen LogP contribution is -2.15. The van der Waals surface area contributed by atoms with Gasteiger partial charge < -0.3 is 10.3 Å². The first-order valence-electron chi connectivity index (χ1n) is 5.99. The van der Waals surface area contributed by atoms with Crippen LogP contribution in [-0.2, 0) is 6.42 Å². The predicted molar refractivity (Wildman–Crippen MR) is 67.9 cm³/mol. The third-order valence-electron chi connectivity index (χ3n) is 3.26. The maximum absolute atomic E-state index is 12.9. The normalized spacial score (nSPS) is 12.7. The average Bonchev–Trinajstić information content (AvgIpc) is 2.68. The van der Waals surface area contributed by atoms with Crippen molar-refractivity contribution in [2.45, 2.75) is 26.2 Å². The van der Waals surface area contributed by atoms with Gasteiger partial charge in [0.05, 0.1) is 5.69 Å². The third-order valence-corrected chi connectivity index (χ3v) is 3.26. The molecule has 2 N–H and O–H groups in total. The largest absolute Gasteiger partial charge is 0.361 e. The summed E-state index contributed by atoms with van der Waals surface area (Å²) in [5.41, 5.74) is 8.84. The molecular weight excluding hydrogens is 231 g/mol. The minimum atomic E-state index is -0.230. The first-order valence-corrected chi connectivity index (χ1v) is 5.99. The Balaban J connectivity index is 2.22. The number of benzene rings is 1. The zero-order valence-corrected chi connectivity index (χ0v) is 10.6. The molecule has 1 aromatic heterocycles. The van der Waals surface area contributed by atoms with Crippen LogP contribution in [0.5, 0.6) is 0 Å². The van der Waals surface area contributed by atoms with E-state index in [-0.39, 0.29) is 11.7 Å². The first-order chi connectivity index (χ1) is 8.61. The van der Waals surface area contributed by atoms with E-state index < -0.39 is 0 Å². The Morgan fingerprint density at radius 1 is 1.28 bits per heavy atom. The summed E-state index contributed by atoms with van der Waals surface area (Å²) in [6, 6.07) is 6.49. The van der Waals surface area contributed by atoms with Crippen LogP contribution in [0.25, 0.3) is 0 Å². The molecule has 0 aliphatic rings. The molecule has 1 aromatic carbocycles. The smallest absolute Gasteiger partial charge is 0.137 e. The molecule has 4 heteroatoms. The number of aromatic nitrogens is 1. The Labute approximate surface area is 106 Å². The summed E-state index contributed by atoms with van der Waals surface area (Å²) in [5, 5.41) is 3.94. The van der Waals surface area contributed by atoms with E-state index in [1.54, 1.807) is 12.1 Å². The van der Waals surface area contributed by atoms with Crippen LogP contribution in [0.2, 0.25) is 0 Å². The van der Waals surface area contributed by atoms with E-state index in [0.717, 1.165) is 29.0 Å². The number of nitrogens with two attached hydrogens (primary N) is 1. The Bertz CT molecular complexity index is 500. The molecule has 0 spiro atoms. The second kappa shape index (κ2) is 5.31. The molecule has 2 aromatic rings. The summed E-state index contributed by atoms with van der Waals surface area (Å²) in [6.07, 6.45) is 0.767. The molecular formula is C14H17FN2O. The van der Waals surface area contributed by atoms with Crippen LogP contribution in [0, 0.1) is 19.7 Å². The van der Waals surface area contributed by atoms with Crippen LogP contribution < -0.4 is 5.73 Å². The van der Waals surface area contributed by atoms with E-state index in [4.69, 9.17) is 10.3 Å². The fourth-order valence-electron chi connectivity index (χ4n) is 2.11. The molecule has 0 amide bonds. The van der Waals surface area contributed by atoms with Crippen LogP contribution in [0.4, 0.5) is 4.39 Å². The lowest BCUT2D eigenvalue weighted by molar-refractivity contribution is 0.392. The Kier molecular flexibility index (Phi) is 3.77. The van der Waals surface area contributed by atoms with Gasteiger partial charge in [0.15, 0.2) is 0 Å². The van der Waals surface area contributed by atoms with Crippen LogP contribution in [0.3, 0.4) is 0 Å². The summed E-state index contributed by atoms with van der Waals surface area (Å²) < 4.78 is 18.0. The highest BCUT2D eigenvalue weighted by molar-refractivity contribution is 5.27. The number of rotatable bonds is 4. The topological polar surface area (TPSA) is 52.0 Å². The van der Waals surface area contributed by atoms with E-state index in [0.29, 0.717) is 6.54 Å². The second-order valence-electron chi connectivity index (χ2n) is 4.49. The SMILES string of the molecule is Cc1noc(C)c1CC(CN)c1ccc(F)cc1. The number of nitrogens with zero attached hydrogens (tertiary/aromatic N) is 1. The van der Waals surface area contributed by atoms with Gasteiger partial charge in [-0.3, -0.25) is 0 Å². The average molecular weight is 248 g/mol.